The summed E-state index contributed by atoms with van der Waals surface area (Å²) >= 11 is 0. The highest BCUT2D eigenvalue weighted by Gasteiger charge is 2.04. The number of esters is 1. The molecule has 2 rings (SSSR count). The zero-order valence-electron chi connectivity index (χ0n) is 12.3. The first-order valence-corrected chi connectivity index (χ1v) is 6.96. The number of nitro benzene ring substituents is 1. The van der Waals surface area contributed by atoms with Gasteiger partial charge >= 0.3 is 5.97 Å². The summed E-state index contributed by atoms with van der Waals surface area (Å²) in [5.41, 5.74) is 1.57. The van der Waals surface area contributed by atoms with Crippen LogP contribution in [0, 0.1) is 10.1 Å². The lowest BCUT2D eigenvalue weighted by atomic mass is 10.2. The van der Waals surface area contributed by atoms with Crippen molar-refractivity contribution < 1.29 is 14.5 Å². The number of non-ortho nitro benzene ring substituents is 1. The summed E-state index contributed by atoms with van der Waals surface area (Å²) in [4.78, 5) is 21.8. The SMILES string of the molecule is O=C(/C=C/c1cccc([N+](=O)[O-])c1)OC/C=C/c1ccccc1. The first kappa shape index (κ1) is 16.2. The first-order valence-electron chi connectivity index (χ1n) is 6.96. The maximum Gasteiger partial charge on any atom is 0.331 e. The first-order chi connectivity index (χ1) is 11.1. The summed E-state index contributed by atoms with van der Waals surface area (Å²) in [6.45, 7) is 0.160. The molecule has 0 unspecified atom stereocenters. The van der Waals surface area contributed by atoms with E-state index in [1.807, 2.05) is 36.4 Å². The maximum atomic E-state index is 11.6. The Balaban J connectivity index is 1.84. The van der Waals surface area contributed by atoms with E-state index in [0.717, 1.165) is 5.56 Å². The number of carbonyl (C=O) groups excluding carboxylic acids is 1. The van der Waals surface area contributed by atoms with Crippen LogP contribution in [0.15, 0.2) is 66.7 Å². The molecule has 23 heavy (non-hydrogen) atoms. The molecule has 0 aliphatic rings. The number of ether oxygens (including phenoxy) is 1. The van der Waals surface area contributed by atoms with Crippen molar-refractivity contribution in [1.82, 2.24) is 0 Å². The summed E-state index contributed by atoms with van der Waals surface area (Å²) in [5.74, 6) is -0.505. The van der Waals surface area contributed by atoms with E-state index in [-0.39, 0.29) is 12.3 Å². The van der Waals surface area contributed by atoms with Crippen LogP contribution >= 0.6 is 0 Å². The molecule has 0 spiro atoms. The Kier molecular flexibility index (Phi) is 5.82. The van der Waals surface area contributed by atoms with Gasteiger partial charge in [-0.2, -0.15) is 0 Å². The summed E-state index contributed by atoms with van der Waals surface area (Å²) < 4.78 is 5.02. The van der Waals surface area contributed by atoms with E-state index in [9.17, 15) is 14.9 Å². The van der Waals surface area contributed by atoms with Gasteiger partial charge in [0.05, 0.1) is 4.92 Å². The highest BCUT2D eigenvalue weighted by molar-refractivity contribution is 5.87. The van der Waals surface area contributed by atoms with Gasteiger partial charge in [0.15, 0.2) is 0 Å². The standard InChI is InChI=1S/C18H15NO4/c20-18(23-13-5-9-15-6-2-1-3-7-15)12-11-16-8-4-10-17(14-16)19(21)22/h1-12,14H,13H2/b9-5+,12-11+. The second kappa shape index (κ2) is 8.29. The Hall–Kier alpha value is -3.21. The normalized spacial score (nSPS) is 11.0. The molecule has 5 nitrogen and oxygen atoms in total. The number of hydrogen-bond donors (Lipinski definition) is 0. The average Bonchev–Trinajstić information content (AvgIpc) is 2.58. The fourth-order valence-electron chi connectivity index (χ4n) is 1.83. The lowest BCUT2D eigenvalue weighted by Gasteiger charge is -1.97. The number of benzene rings is 2. The number of hydrogen-bond acceptors (Lipinski definition) is 4. The zero-order valence-corrected chi connectivity index (χ0v) is 12.3. The lowest BCUT2D eigenvalue weighted by Crippen LogP contribution is -1.99. The van der Waals surface area contributed by atoms with Gasteiger partial charge in [0, 0.05) is 18.2 Å². The van der Waals surface area contributed by atoms with Gasteiger partial charge in [-0.05, 0) is 23.3 Å². The van der Waals surface area contributed by atoms with Gasteiger partial charge in [-0.15, -0.1) is 0 Å². The molecule has 116 valence electrons. The molecule has 0 atom stereocenters. The van der Waals surface area contributed by atoms with Crippen LogP contribution in [-0.2, 0) is 9.53 Å². The molecular weight excluding hydrogens is 294 g/mol. The van der Waals surface area contributed by atoms with Crippen molar-refractivity contribution in [2.75, 3.05) is 6.61 Å². The molecule has 0 amide bonds. The molecule has 2 aromatic rings. The van der Waals surface area contributed by atoms with Gasteiger partial charge in [0.2, 0.25) is 0 Å². The largest absolute Gasteiger partial charge is 0.458 e. The number of nitrogens with zero attached hydrogens (tertiary/aromatic N) is 1. The third-order valence-electron chi connectivity index (χ3n) is 2.92. The van der Waals surface area contributed by atoms with Crippen molar-refractivity contribution in [3.05, 3.63) is 88.0 Å². The minimum atomic E-state index is -0.505. The van der Waals surface area contributed by atoms with Crippen LogP contribution in [0.2, 0.25) is 0 Å². The number of nitro groups is 1. The molecule has 0 aliphatic carbocycles. The third-order valence-corrected chi connectivity index (χ3v) is 2.92. The summed E-state index contributed by atoms with van der Waals surface area (Å²) in [7, 11) is 0. The smallest absolute Gasteiger partial charge is 0.331 e. The second-order valence-electron chi connectivity index (χ2n) is 4.63. The topological polar surface area (TPSA) is 69.4 Å². The molecule has 5 heteroatoms. The molecule has 0 fully saturated rings. The van der Waals surface area contributed by atoms with Gasteiger partial charge in [-0.3, -0.25) is 10.1 Å². The highest BCUT2D eigenvalue weighted by Crippen LogP contribution is 2.14. The summed E-state index contributed by atoms with van der Waals surface area (Å²) in [5, 5.41) is 10.7. The van der Waals surface area contributed by atoms with Crippen LogP contribution in [0.3, 0.4) is 0 Å². The molecule has 0 aliphatic heterocycles. The van der Waals surface area contributed by atoms with Crippen molar-refractivity contribution >= 4 is 23.8 Å². The summed E-state index contributed by atoms with van der Waals surface area (Å²) in [6.07, 6.45) is 6.33. The molecule has 0 N–H and O–H groups in total. The van der Waals surface area contributed by atoms with Crippen LogP contribution in [0.5, 0.6) is 0 Å². The molecule has 0 heterocycles. The Morgan fingerprint density at radius 2 is 1.78 bits per heavy atom. The van der Waals surface area contributed by atoms with E-state index in [4.69, 9.17) is 4.74 Å². The van der Waals surface area contributed by atoms with E-state index < -0.39 is 10.9 Å². The van der Waals surface area contributed by atoms with Crippen molar-refractivity contribution in [3.8, 4) is 0 Å². The minimum absolute atomic E-state index is 0.0219. The predicted octanol–water partition coefficient (Wildman–Crippen LogP) is 3.86. The van der Waals surface area contributed by atoms with Crippen LogP contribution in [0.1, 0.15) is 11.1 Å². The minimum Gasteiger partial charge on any atom is -0.458 e. The Labute approximate surface area is 133 Å². The molecule has 0 saturated carbocycles. The quantitative estimate of drug-likeness (QED) is 0.351. The van der Waals surface area contributed by atoms with Crippen LogP contribution in [0.4, 0.5) is 5.69 Å². The second-order valence-corrected chi connectivity index (χ2v) is 4.63. The Bertz CT molecular complexity index is 736. The van der Waals surface area contributed by atoms with E-state index >= 15 is 0 Å². The van der Waals surface area contributed by atoms with Gasteiger partial charge < -0.3 is 4.74 Å². The van der Waals surface area contributed by atoms with Crippen LogP contribution in [0.25, 0.3) is 12.2 Å². The van der Waals surface area contributed by atoms with Crippen molar-refractivity contribution in [3.63, 3.8) is 0 Å². The molecule has 2 aromatic carbocycles. The predicted molar refractivity (Wildman–Crippen MR) is 88.6 cm³/mol. The van der Waals surface area contributed by atoms with Crippen molar-refractivity contribution in [2.24, 2.45) is 0 Å². The molecule has 0 aromatic heterocycles. The van der Waals surface area contributed by atoms with Gasteiger partial charge in [0.25, 0.3) is 5.69 Å². The van der Waals surface area contributed by atoms with E-state index in [1.54, 1.807) is 18.2 Å². The highest BCUT2D eigenvalue weighted by atomic mass is 16.6. The van der Waals surface area contributed by atoms with Crippen LogP contribution in [-0.4, -0.2) is 17.5 Å². The van der Waals surface area contributed by atoms with Crippen molar-refractivity contribution in [1.29, 1.82) is 0 Å². The van der Waals surface area contributed by atoms with Crippen molar-refractivity contribution in [2.45, 2.75) is 0 Å². The fraction of sp³-hybridized carbons (Fsp3) is 0.0556. The lowest BCUT2D eigenvalue weighted by molar-refractivity contribution is -0.384. The molecule has 0 bridgehead atoms. The van der Waals surface area contributed by atoms with E-state index in [0.29, 0.717) is 5.56 Å². The van der Waals surface area contributed by atoms with Gasteiger partial charge in [-0.1, -0.05) is 48.5 Å². The maximum absolute atomic E-state index is 11.6. The average molecular weight is 309 g/mol. The number of rotatable bonds is 6. The van der Waals surface area contributed by atoms with Gasteiger partial charge in [-0.25, -0.2) is 4.79 Å². The van der Waals surface area contributed by atoms with E-state index in [2.05, 4.69) is 0 Å². The third kappa shape index (κ3) is 5.59. The summed E-state index contributed by atoms with van der Waals surface area (Å²) in [6, 6.07) is 15.7. The molecule has 0 radical (unpaired) electrons. The Morgan fingerprint density at radius 3 is 2.52 bits per heavy atom. The monoisotopic (exact) mass is 309 g/mol. The Morgan fingerprint density at radius 1 is 1.04 bits per heavy atom. The molecular formula is C18H15NO4. The van der Waals surface area contributed by atoms with Gasteiger partial charge in [0.1, 0.15) is 6.61 Å². The number of carbonyl (C=O) groups is 1. The molecule has 0 saturated heterocycles. The zero-order chi connectivity index (χ0) is 16.5. The fourth-order valence-corrected chi connectivity index (χ4v) is 1.83. The van der Waals surface area contributed by atoms with Crippen LogP contribution < -0.4 is 0 Å². The van der Waals surface area contributed by atoms with E-state index in [1.165, 1.54) is 24.3 Å².